The topological polar surface area (TPSA) is 104 Å². The van der Waals surface area contributed by atoms with E-state index < -0.39 is 35.5 Å². The summed E-state index contributed by atoms with van der Waals surface area (Å²) in [5.74, 6) is -1.64. The standard InChI is InChI=1S/C29H20Cl2F3N5O3/c30-18-6-8-21-23(12-18)37-27(41)24(13-19-3-1-2-10-35-19)39(28(21)42)15-16-4-7-20(22(31)11-16)26(40)38-25-9-5-17(14-36-25)29(32,33)34/h1-12,14,24H,13,15H2,(H,37,41)(H,36,38,40). The maximum absolute atomic E-state index is 13.7. The summed E-state index contributed by atoms with van der Waals surface area (Å²) in [6.07, 6.45) is -2.22. The zero-order valence-electron chi connectivity index (χ0n) is 21.5. The van der Waals surface area contributed by atoms with Crippen molar-refractivity contribution in [2.45, 2.75) is 25.2 Å². The number of anilines is 2. The average Bonchev–Trinajstić information content (AvgIpc) is 3.03. The molecular weight excluding hydrogens is 594 g/mol. The van der Waals surface area contributed by atoms with Gasteiger partial charge in [0.15, 0.2) is 0 Å². The summed E-state index contributed by atoms with van der Waals surface area (Å²) in [5.41, 5.74) is 0.740. The number of pyridine rings is 2. The third-order valence-corrected chi connectivity index (χ3v) is 7.05. The van der Waals surface area contributed by atoms with Crippen LogP contribution in [0.3, 0.4) is 0 Å². The van der Waals surface area contributed by atoms with Crippen molar-refractivity contribution in [1.29, 1.82) is 0 Å². The minimum Gasteiger partial charge on any atom is -0.323 e. The first kappa shape index (κ1) is 29.0. The number of rotatable bonds is 6. The summed E-state index contributed by atoms with van der Waals surface area (Å²) < 4.78 is 38.4. The molecule has 0 saturated heterocycles. The third-order valence-electron chi connectivity index (χ3n) is 6.50. The van der Waals surface area contributed by atoms with E-state index in [9.17, 15) is 27.6 Å². The van der Waals surface area contributed by atoms with E-state index in [4.69, 9.17) is 23.2 Å². The van der Waals surface area contributed by atoms with Crippen LogP contribution < -0.4 is 10.6 Å². The number of fused-ring (bicyclic) bond motifs is 1. The van der Waals surface area contributed by atoms with Crippen LogP contribution in [-0.4, -0.2) is 38.6 Å². The number of nitrogens with one attached hydrogen (secondary N) is 2. The molecule has 0 radical (unpaired) electrons. The van der Waals surface area contributed by atoms with Crippen molar-refractivity contribution in [2.24, 2.45) is 0 Å². The van der Waals surface area contributed by atoms with Gasteiger partial charge in [-0.3, -0.25) is 19.4 Å². The van der Waals surface area contributed by atoms with Gasteiger partial charge in [-0.2, -0.15) is 13.2 Å². The van der Waals surface area contributed by atoms with Crippen LogP contribution in [0.25, 0.3) is 0 Å². The molecule has 4 aromatic rings. The van der Waals surface area contributed by atoms with Crippen LogP contribution in [0.4, 0.5) is 24.7 Å². The van der Waals surface area contributed by atoms with Gasteiger partial charge in [0, 0.05) is 36.1 Å². The van der Waals surface area contributed by atoms with Crippen LogP contribution in [0.1, 0.15) is 37.5 Å². The molecule has 5 rings (SSSR count). The lowest BCUT2D eigenvalue weighted by Gasteiger charge is -2.29. The van der Waals surface area contributed by atoms with E-state index >= 15 is 0 Å². The summed E-state index contributed by atoms with van der Waals surface area (Å²) >= 11 is 12.5. The number of amides is 3. The van der Waals surface area contributed by atoms with E-state index in [0.717, 1.165) is 12.1 Å². The quantitative estimate of drug-likeness (QED) is 0.267. The molecule has 0 saturated carbocycles. The van der Waals surface area contributed by atoms with Gasteiger partial charge in [0.1, 0.15) is 11.9 Å². The smallest absolute Gasteiger partial charge is 0.323 e. The number of halogens is 5. The fourth-order valence-corrected chi connectivity index (χ4v) is 4.88. The summed E-state index contributed by atoms with van der Waals surface area (Å²) in [7, 11) is 0. The van der Waals surface area contributed by atoms with Crippen LogP contribution in [0.2, 0.25) is 10.0 Å². The highest BCUT2D eigenvalue weighted by Crippen LogP contribution is 2.31. The normalized spacial score (nSPS) is 15.1. The Balaban J connectivity index is 1.40. The van der Waals surface area contributed by atoms with Gasteiger partial charge in [-0.25, -0.2) is 4.98 Å². The Labute approximate surface area is 247 Å². The number of alkyl halides is 3. The van der Waals surface area contributed by atoms with Gasteiger partial charge in [0.05, 0.1) is 27.4 Å². The second-order valence-electron chi connectivity index (χ2n) is 9.35. The predicted molar refractivity (Wildman–Crippen MR) is 150 cm³/mol. The Morgan fingerprint density at radius 1 is 1.00 bits per heavy atom. The van der Waals surface area contributed by atoms with E-state index in [1.54, 1.807) is 36.5 Å². The highest BCUT2D eigenvalue weighted by atomic mass is 35.5. The molecule has 0 spiro atoms. The molecule has 13 heteroatoms. The molecule has 0 fully saturated rings. The lowest BCUT2D eigenvalue weighted by atomic mass is 10.0. The molecule has 42 heavy (non-hydrogen) atoms. The molecule has 2 aromatic carbocycles. The molecule has 8 nitrogen and oxygen atoms in total. The Hall–Kier alpha value is -4.48. The van der Waals surface area contributed by atoms with E-state index in [-0.39, 0.29) is 40.6 Å². The number of carbonyl (C=O) groups excluding carboxylic acids is 3. The van der Waals surface area contributed by atoms with Gasteiger partial charge in [0.2, 0.25) is 5.91 Å². The Morgan fingerprint density at radius 2 is 1.81 bits per heavy atom. The lowest BCUT2D eigenvalue weighted by Crippen LogP contribution is -2.46. The first-order valence-electron chi connectivity index (χ1n) is 12.4. The minimum absolute atomic E-state index is 0.0251. The average molecular weight is 614 g/mol. The van der Waals surface area contributed by atoms with Crippen molar-refractivity contribution in [3.05, 3.63) is 117 Å². The number of hydrogen-bond acceptors (Lipinski definition) is 5. The Bertz CT molecular complexity index is 1670. The van der Waals surface area contributed by atoms with Gasteiger partial charge in [-0.05, 0) is 60.2 Å². The number of benzene rings is 2. The maximum Gasteiger partial charge on any atom is 0.417 e. The molecule has 1 unspecified atom stereocenters. The molecule has 3 heterocycles. The molecular formula is C29H20Cl2F3N5O3. The molecule has 1 aliphatic heterocycles. The summed E-state index contributed by atoms with van der Waals surface area (Å²) in [6, 6.07) is 15.2. The van der Waals surface area contributed by atoms with E-state index in [2.05, 4.69) is 20.6 Å². The van der Waals surface area contributed by atoms with Gasteiger partial charge in [0.25, 0.3) is 11.8 Å². The maximum atomic E-state index is 13.7. The first-order valence-corrected chi connectivity index (χ1v) is 13.2. The third kappa shape index (κ3) is 6.37. The van der Waals surface area contributed by atoms with Crippen LogP contribution in [0, 0.1) is 0 Å². The molecule has 1 atom stereocenters. The van der Waals surface area contributed by atoms with Crippen molar-refractivity contribution < 1.29 is 27.6 Å². The molecule has 1 aliphatic rings. The van der Waals surface area contributed by atoms with Crippen molar-refractivity contribution in [2.75, 3.05) is 10.6 Å². The highest BCUT2D eigenvalue weighted by molar-refractivity contribution is 6.34. The van der Waals surface area contributed by atoms with Crippen molar-refractivity contribution >= 4 is 52.4 Å². The Kier molecular flexibility index (Phi) is 8.15. The van der Waals surface area contributed by atoms with E-state index in [1.165, 1.54) is 29.2 Å². The van der Waals surface area contributed by atoms with Gasteiger partial charge in [-0.1, -0.05) is 35.3 Å². The highest BCUT2D eigenvalue weighted by Gasteiger charge is 2.36. The van der Waals surface area contributed by atoms with E-state index in [1.807, 2.05) is 0 Å². The van der Waals surface area contributed by atoms with Gasteiger partial charge >= 0.3 is 6.18 Å². The number of hydrogen-bond donors (Lipinski definition) is 2. The number of nitrogens with zero attached hydrogens (tertiary/aromatic N) is 3. The van der Waals surface area contributed by atoms with Crippen molar-refractivity contribution in [1.82, 2.24) is 14.9 Å². The SMILES string of the molecule is O=C(Nc1ccc(C(F)(F)F)cn1)c1ccc(CN2C(=O)c3ccc(Cl)cc3NC(=O)C2Cc2ccccn2)cc1Cl. The monoisotopic (exact) mass is 613 g/mol. The van der Waals surface area contributed by atoms with Crippen LogP contribution >= 0.6 is 23.2 Å². The van der Waals surface area contributed by atoms with Crippen LogP contribution in [0.5, 0.6) is 0 Å². The summed E-state index contributed by atoms with van der Waals surface area (Å²) in [4.78, 5) is 49.2. The second-order valence-corrected chi connectivity index (χ2v) is 10.2. The molecule has 2 N–H and O–H groups in total. The fraction of sp³-hybridized carbons (Fsp3) is 0.138. The van der Waals surface area contributed by atoms with E-state index in [0.29, 0.717) is 22.5 Å². The Morgan fingerprint density at radius 3 is 2.48 bits per heavy atom. The summed E-state index contributed by atoms with van der Waals surface area (Å²) in [6.45, 7) is -0.0338. The van der Waals surface area contributed by atoms with Gasteiger partial charge in [-0.15, -0.1) is 0 Å². The number of aromatic nitrogens is 2. The molecule has 214 valence electrons. The van der Waals surface area contributed by atoms with Crippen molar-refractivity contribution in [3.63, 3.8) is 0 Å². The fourth-order valence-electron chi connectivity index (χ4n) is 4.42. The molecule has 2 aromatic heterocycles. The largest absolute Gasteiger partial charge is 0.417 e. The second kappa shape index (κ2) is 11.8. The minimum atomic E-state index is -4.56. The zero-order chi connectivity index (χ0) is 30.0. The first-order chi connectivity index (χ1) is 20.0. The molecule has 0 aliphatic carbocycles. The molecule has 0 bridgehead atoms. The van der Waals surface area contributed by atoms with Gasteiger partial charge < -0.3 is 15.5 Å². The predicted octanol–water partition coefficient (Wildman–Crippen LogP) is 6.26. The molecule has 3 amide bonds. The number of carbonyl (C=O) groups is 3. The summed E-state index contributed by atoms with van der Waals surface area (Å²) in [5, 5.41) is 5.58. The lowest BCUT2D eigenvalue weighted by molar-refractivity contribution is -0.137. The van der Waals surface area contributed by atoms with Crippen LogP contribution in [-0.2, 0) is 23.9 Å². The zero-order valence-corrected chi connectivity index (χ0v) is 23.0. The van der Waals surface area contributed by atoms with Crippen LogP contribution in [0.15, 0.2) is 79.1 Å². The van der Waals surface area contributed by atoms with Crippen molar-refractivity contribution in [3.8, 4) is 0 Å².